The summed E-state index contributed by atoms with van der Waals surface area (Å²) in [5, 5.41) is 3.33. The zero-order valence-electron chi connectivity index (χ0n) is 15.8. The molecule has 0 bridgehead atoms. The smallest absolute Gasteiger partial charge is 0.404 e. The van der Waals surface area contributed by atoms with Crippen LogP contribution >= 0.6 is 0 Å². The Kier molecular flexibility index (Phi) is 5.86. The van der Waals surface area contributed by atoms with Gasteiger partial charge in [-0.1, -0.05) is 12.1 Å². The van der Waals surface area contributed by atoms with Crippen molar-refractivity contribution in [1.82, 2.24) is 18.7 Å². The number of aromatic nitrogens is 3. The van der Waals surface area contributed by atoms with Gasteiger partial charge in [-0.25, -0.2) is 17.9 Å². The molecular weight excluding hydrogens is 458 g/mol. The molecular formula is C16H16F6N4O4S. The topological polar surface area (TPSA) is 86.4 Å². The Balaban J connectivity index is 1.81. The molecule has 0 spiro atoms. The Morgan fingerprint density at radius 1 is 1.06 bits per heavy atom. The zero-order valence-corrected chi connectivity index (χ0v) is 16.6. The van der Waals surface area contributed by atoms with Gasteiger partial charge in [-0.2, -0.15) is 17.5 Å². The van der Waals surface area contributed by atoms with Crippen LogP contribution in [-0.4, -0.2) is 46.5 Å². The molecule has 3 rings (SSSR count). The SMILES string of the molecule is Cn1c(C(F)(F)F)nn(C2CCN(S(=O)(=O)c3ccccc3OC(F)(F)F)CC2)c1=O. The number of hydrogen-bond acceptors (Lipinski definition) is 5. The molecule has 1 aromatic heterocycles. The third-order valence-corrected chi connectivity index (χ3v) is 6.66. The van der Waals surface area contributed by atoms with Crippen LogP contribution in [0.3, 0.4) is 0 Å². The molecule has 31 heavy (non-hydrogen) atoms. The molecule has 0 aliphatic carbocycles. The highest BCUT2D eigenvalue weighted by Gasteiger charge is 2.40. The van der Waals surface area contributed by atoms with E-state index in [1.165, 1.54) is 12.1 Å². The van der Waals surface area contributed by atoms with Crippen molar-refractivity contribution < 1.29 is 39.5 Å². The summed E-state index contributed by atoms with van der Waals surface area (Å²) in [5.41, 5.74) is -1.00. The fourth-order valence-electron chi connectivity index (χ4n) is 3.28. The minimum Gasteiger partial charge on any atom is -0.404 e. The van der Waals surface area contributed by atoms with Crippen LogP contribution in [0.1, 0.15) is 24.7 Å². The minimum atomic E-state index is -5.10. The number of piperidine rings is 1. The van der Waals surface area contributed by atoms with Gasteiger partial charge in [0.25, 0.3) is 0 Å². The molecule has 0 unspecified atom stereocenters. The molecule has 1 aromatic carbocycles. The lowest BCUT2D eigenvalue weighted by molar-refractivity contribution is -0.275. The van der Waals surface area contributed by atoms with Gasteiger partial charge in [0.2, 0.25) is 15.8 Å². The van der Waals surface area contributed by atoms with E-state index in [1.807, 2.05) is 0 Å². The number of sulfonamides is 1. The van der Waals surface area contributed by atoms with E-state index in [4.69, 9.17) is 0 Å². The van der Waals surface area contributed by atoms with Gasteiger partial charge in [0.1, 0.15) is 10.6 Å². The predicted octanol–water partition coefficient (Wildman–Crippen LogP) is 2.53. The first-order chi connectivity index (χ1) is 14.2. The van der Waals surface area contributed by atoms with Crippen molar-refractivity contribution in [3.63, 3.8) is 0 Å². The Hall–Kier alpha value is -2.55. The van der Waals surface area contributed by atoms with E-state index in [-0.39, 0.29) is 25.9 Å². The van der Waals surface area contributed by atoms with Gasteiger partial charge in [0, 0.05) is 20.1 Å². The van der Waals surface area contributed by atoms with Crippen molar-refractivity contribution in [1.29, 1.82) is 0 Å². The van der Waals surface area contributed by atoms with Crippen LogP contribution < -0.4 is 10.4 Å². The summed E-state index contributed by atoms with van der Waals surface area (Å²) in [6.45, 7) is -0.477. The quantitative estimate of drug-likeness (QED) is 0.636. The highest BCUT2D eigenvalue weighted by atomic mass is 32.2. The van der Waals surface area contributed by atoms with Gasteiger partial charge in [-0.15, -0.1) is 18.3 Å². The lowest BCUT2D eigenvalue weighted by Gasteiger charge is -2.31. The normalized spacial score (nSPS) is 17.1. The first kappa shape index (κ1) is 23.1. The third kappa shape index (κ3) is 4.71. The van der Waals surface area contributed by atoms with Crippen molar-refractivity contribution >= 4 is 10.0 Å². The van der Waals surface area contributed by atoms with Crippen molar-refractivity contribution in [3.8, 4) is 5.75 Å². The van der Waals surface area contributed by atoms with E-state index in [2.05, 4.69) is 9.84 Å². The maximum absolute atomic E-state index is 13.0. The van der Waals surface area contributed by atoms with Crippen LogP contribution in [0.4, 0.5) is 26.3 Å². The maximum atomic E-state index is 13.0. The molecule has 1 aliphatic heterocycles. The van der Waals surface area contributed by atoms with E-state index in [1.54, 1.807) is 0 Å². The Labute approximate surface area is 171 Å². The highest BCUT2D eigenvalue weighted by Crippen LogP contribution is 2.34. The molecule has 0 radical (unpaired) electrons. The molecule has 0 amide bonds. The summed E-state index contributed by atoms with van der Waals surface area (Å²) in [6, 6.07) is 3.43. The molecule has 1 fully saturated rings. The average molecular weight is 474 g/mol. The Bertz CT molecular complexity index is 1110. The number of rotatable bonds is 4. The van der Waals surface area contributed by atoms with Crippen molar-refractivity contribution in [2.24, 2.45) is 7.05 Å². The Morgan fingerprint density at radius 3 is 2.16 bits per heavy atom. The minimum absolute atomic E-state index is 0.0598. The summed E-state index contributed by atoms with van der Waals surface area (Å²) in [5.74, 6) is -2.28. The molecule has 8 nitrogen and oxygen atoms in total. The molecule has 0 atom stereocenters. The molecule has 2 heterocycles. The summed E-state index contributed by atoms with van der Waals surface area (Å²) in [4.78, 5) is 11.4. The number of para-hydroxylation sites is 1. The largest absolute Gasteiger partial charge is 0.573 e. The van der Waals surface area contributed by atoms with Crippen LogP contribution in [0.2, 0.25) is 0 Å². The molecule has 1 saturated heterocycles. The van der Waals surface area contributed by atoms with E-state index in [9.17, 15) is 39.6 Å². The Morgan fingerprint density at radius 2 is 1.65 bits per heavy atom. The maximum Gasteiger partial charge on any atom is 0.573 e. The standard InChI is InChI=1S/C16H16F6N4O4S/c1-24-13(15(17,18)19)23-26(14(24)27)10-6-8-25(9-7-10)31(28,29)12-5-3-2-4-11(12)30-16(20,21)22/h2-5,10H,6-9H2,1H3. The number of hydrogen-bond donors (Lipinski definition) is 0. The second kappa shape index (κ2) is 7.85. The number of nitrogens with zero attached hydrogens (tertiary/aromatic N) is 4. The van der Waals surface area contributed by atoms with Crippen molar-refractivity contribution in [3.05, 3.63) is 40.6 Å². The van der Waals surface area contributed by atoms with Crippen LogP contribution in [0.25, 0.3) is 0 Å². The molecule has 1 aliphatic rings. The summed E-state index contributed by atoms with van der Waals surface area (Å²) in [6.07, 6.45) is -10.1. The predicted molar refractivity (Wildman–Crippen MR) is 92.6 cm³/mol. The first-order valence-electron chi connectivity index (χ1n) is 8.79. The lowest BCUT2D eigenvalue weighted by atomic mass is 10.1. The van der Waals surface area contributed by atoms with Crippen LogP contribution in [0, 0.1) is 0 Å². The molecule has 2 aromatic rings. The molecule has 172 valence electrons. The molecule has 15 heteroatoms. The number of alkyl halides is 6. The summed E-state index contributed by atoms with van der Waals surface area (Å²) < 4.78 is 108. The van der Waals surface area contributed by atoms with Crippen LogP contribution in [0.15, 0.2) is 34.0 Å². The second-order valence-electron chi connectivity index (χ2n) is 6.74. The van der Waals surface area contributed by atoms with Gasteiger partial charge >= 0.3 is 18.2 Å². The summed E-state index contributed by atoms with van der Waals surface area (Å²) in [7, 11) is -3.47. The first-order valence-corrected chi connectivity index (χ1v) is 10.2. The van der Waals surface area contributed by atoms with Crippen LogP contribution in [0.5, 0.6) is 5.75 Å². The van der Waals surface area contributed by atoms with Gasteiger partial charge in [-0.05, 0) is 25.0 Å². The third-order valence-electron chi connectivity index (χ3n) is 4.72. The van der Waals surface area contributed by atoms with Gasteiger partial charge in [0.05, 0.1) is 6.04 Å². The van der Waals surface area contributed by atoms with Crippen molar-refractivity contribution in [2.45, 2.75) is 36.3 Å². The fourth-order valence-corrected chi connectivity index (χ4v) is 4.86. The lowest BCUT2D eigenvalue weighted by Crippen LogP contribution is -2.41. The van der Waals surface area contributed by atoms with E-state index in [0.29, 0.717) is 9.25 Å². The monoisotopic (exact) mass is 474 g/mol. The molecule has 0 N–H and O–H groups in total. The highest BCUT2D eigenvalue weighted by molar-refractivity contribution is 7.89. The zero-order chi connectivity index (χ0) is 23.2. The van der Waals surface area contributed by atoms with Gasteiger partial charge in [-0.3, -0.25) is 4.57 Å². The number of halogens is 6. The summed E-state index contributed by atoms with van der Waals surface area (Å²) >= 11 is 0. The average Bonchev–Trinajstić information content (AvgIpc) is 2.96. The number of ether oxygens (including phenoxy) is 1. The van der Waals surface area contributed by atoms with E-state index < -0.39 is 50.8 Å². The van der Waals surface area contributed by atoms with Crippen molar-refractivity contribution in [2.75, 3.05) is 13.1 Å². The van der Waals surface area contributed by atoms with E-state index >= 15 is 0 Å². The number of benzene rings is 1. The van der Waals surface area contributed by atoms with Gasteiger partial charge in [0.15, 0.2) is 0 Å². The fraction of sp³-hybridized carbons (Fsp3) is 0.500. The van der Waals surface area contributed by atoms with Gasteiger partial charge < -0.3 is 4.74 Å². The second-order valence-corrected chi connectivity index (χ2v) is 8.64. The van der Waals surface area contributed by atoms with E-state index in [0.717, 1.165) is 23.5 Å². The molecule has 0 saturated carbocycles. The van der Waals surface area contributed by atoms with Crippen LogP contribution in [-0.2, 0) is 23.2 Å².